The van der Waals surface area contributed by atoms with E-state index in [9.17, 15) is 5.11 Å². The monoisotopic (exact) mass is 273 g/mol. The van der Waals surface area contributed by atoms with Crippen LogP contribution in [-0.2, 0) is 0 Å². The van der Waals surface area contributed by atoms with Crippen LogP contribution >= 0.6 is 0 Å². The number of hydrogen-bond donors (Lipinski definition) is 3. The minimum absolute atomic E-state index is 0.150. The molecule has 1 unspecified atom stereocenters. The summed E-state index contributed by atoms with van der Waals surface area (Å²) in [4.78, 5) is 4.11. The highest BCUT2D eigenvalue weighted by Crippen LogP contribution is 2.15. The molecule has 2 aromatic rings. The Labute approximate surface area is 118 Å². The number of hydrogen-bond acceptors (Lipinski definition) is 3. The third-order valence-corrected chi connectivity index (χ3v) is 2.80. The summed E-state index contributed by atoms with van der Waals surface area (Å²) in [5, 5.41) is 12.8. The van der Waals surface area contributed by atoms with Gasteiger partial charge >= 0.3 is 0 Å². The van der Waals surface area contributed by atoms with Gasteiger partial charge in [0.2, 0.25) is 0 Å². The normalized spacial score (nSPS) is 13.2. The Morgan fingerprint density at radius 2 is 2.05 bits per heavy atom. The van der Waals surface area contributed by atoms with E-state index in [2.05, 4.69) is 16.4 Å². The highest BCUT2D eigenvalue weighted by molar-refractivity contribution is 5.92. The van der Waals surface area contributed by atoms with Crippen molar-refractivity contribution in [2.24, 2.45) is 10.7 Å². The molecule has 0 aliphatic carbocycles. The number of aliphatic imine (C=N–C) groups is 1. The fourth-order valence-electron chi connectivity index (χ4n) is 1.99. The van der Waals surface area contributed by atoms with Crippen LogP contribution in [0.25, 0.3) is 0 Å². The molecule has 1 aromatic carbocycles. The van der Waals surface area contributed by atoms with E-state index in [1.165, 1.54) is 6.26 Å². The van der Waals surface area contributed by atoms with E-state index in [1.54, 1.807) is 12.1 Å². The summed E-state index contributed by atoms with van der Waals surface area (Å²) < 4.78 is 5.10. The Morgan fingerprint density at radius 3 is 2.65 bits per heavy atom. The van der Waals surface area contributed by atoms with E-state index in [4.69, 9.17) is 10.2 Å². The first-order valence-electron chi connectivity index (χ1n) is 6.41. The lowest BCUT2D eigenvalue weighted by Crippen LogP contribution is -2.23. The minimum Gasteiger partial charge on any atom is -0.467 e. The zero-order valence-corrected chi connectivity index (χ0v) is 11.6. The molecule has 0 radical (unpaired) electrons. The molecule has 1 heterocycles. The topological polar surface area (TPSA) is 83.8 Å². The largest absolute Gasteiger partial charge is 0.467 e. The van der Waals surface area contributed by atoms with Gasteiger partial charge in [0.25, 0.3) is 0 Å². The van der Waals surface area contributed by atoms with E-state index in [0.717, 1.165) is 16.8 Å². The van der Waals surface area contributed by atoms with E-state index in [-0.39, 0.29) is 12.5 Å². The lowest BCUT2D eigenvalue weighted by molar-refractivity contribution is 0.158. The number of nitrogens with zero attached hydrogens (tertiary/aromatic N) is 1. The van der Waals surface area contributed by atoms with Gasteiger partial charge in [-0.25, -0.2) is 4.99 Å². The van der Waals surface area contributed by atoms with Gasteiger partial charge in [0.15, 0.2) is 5.96 Å². The smallest absolute Gasteiger partial charge is 0.193 e. The molecular weight excluding hydrogens is 254 g/mol. The number of nitrogens with one attached hydrogen (secondary N) is 1. The molecule has 0 bridgehead atoms. The second kappa shape index (κ2) is 6.25. The molecule has 106 valence electrons. The Bertz CT molecular complexity index is 571. The molecule has 1 aromatic heterocycles. The summed E-state index contributed by atoms with van der Waals surface area (Å²) in [5.74, 6) is 0.744. The van der Waals surface area contributed by atoms with Gasteiger partial charge < -0.3 is 20.6 Å². The SMILES string of the molecule is Cc1cc(C)cc(NC(N)=NCC(O)c2ccco2)c1. The average molecular weight is 273 g/mol. The van der Waals surface area contributed by atoms with Crippen molar-refractivity contribution in [1.82, 2.24) is 0 Å². The highest BCUT2D eigenvalue weighted by Gasteiger charge is 2.09. The summed E-state index contributed by atoms with van der Waals surface area (Å²) >= 11 is 0. The number of aliphatic hydroxyl groups excluding tert-OH is 1. The molecule has 4 N–H and O–H groups in total. The molecule has 1 atom stereocenters. The van der Waals surface area contributed by atoms with Crippen LogP contribution in [0.5, 0.6) is 0 Å². The number of benzene rings is 1. The number of aryl methyl sites for hydroxylation is 2. The van der Waals surface area contributed by atoms with Gasteiger partial charge in [-0.3, -0.25) is 0 Å². The maximum absolute atomic E-state index is 9.83. The highest BCUT2D eigenvalue weighted by atomic mass is 16.4. The molecule has 0 amide bonds. The summed E-state index contributed by atoms with van der Waals surface area (Å²) in [6.07, 6.45) is 0.726. The molecule has 2 rings (SSSR count). The number of guanidine groups is 1. The molecule has 20 heavy (non-hydrogen) atoms. The second-order valence-corrected chi connectivity index (χ2v) is 4.76. The predicted octanol–water partition coefficient (Wildman–Crippen LogP) is 2.36. The zero-order chi connectivity index (χ0) is 14.5. The van der Waals surface area contributed by atoms with E-state index in [1.807, 2.05) is 26.0 Å². The summed E-state index contributed by atoms with van der Waals surface area (Å²) in [6.45, 7) is 4.19. The molecule has 0 fully saturated rings. The fourth-order valence-corrected chi connectivity index (χ4v) is 1.99. The van der Waals surface area contributed by atoms with Crippen LogP contribution in [0.2, 0.25) is 0 Å². The first kappa shape index (κ1) is 14.1. The summed E-state index contributed by atoms with van der Waals surface area (Å²) in [6, 6.07) is 9.48. The molecular formula is C15H19N3O2. The lowest BCUT2D eigenvalue weighted by atomic mass is 10.1. The molecule has 0 aliphatic heterocycles. The standard InChI is InChI=1S/C15H19N3O2/c1-10-6-11(2)8-12(7-10)18-15(16)17-9-13(19)14-4-3-5-20-14/h3-8,13,19H,9H2,1-2H3,(H3,16,17,18). The minimum atomic E-state index is -0.787. The number of rotatable bonds is 4. The van der Waals surface area contributed by atoms with Crippen LogP contribution in [-0.4, -0.2) is 17.6 Å². The van der Waals surface area contributed by atoms with Crippen LogP contribution in [0.3, 0.4) is 0 Å². The quantitative estimate of drug-likeness (QED) is 0.590. The van der Waals surface area contributed by atoms with Gasteiger partial charge in [-0.2, -0.15) is 0 Å². The fraction of sp³-hybridized carbons (Fsp3) is 0.267. The van der Waals surface area contributed by atoms with Crippen molar-refractivity contribution in [1.29, 1.82) is 0 Å². The molecule has 0 saturated heterocycles. The van der Waals surface area contributed by atoms with Crippen LogP contribution in [0.1, 0.15) is 23.0 Å². The van der Waals surface area contributed by atoms with Gasteiger partial charge in [-0.05, 0) is 49.2 Å². The first-order valence-corrected chi connectivity index (χ1v) is 6.41. The average Bonchev–Trinajstić information content (AvgIpc) is 2.88. The summed E-state index contributed by atoms with van der Waals surface area (Å²) in [5.41, 5.74) is 8.99. The number of nitrogens with two attached hydrogens (primary N) is 1. The molecule has 0 saturated carbocycles. The molecule has 0 aliphatic rings. The molecule has 0 spiro atoms. The van der Waals surface area contributed by atoms with Gasteiger partial charge in [0.05, 0.1) is 12.8 Å². The maximum Gasteiger partial charge on any atom is 0.193 e. The van der Waals surface area contributed by atoms with Gasteiger partial charge in [-0.15, -0.1) is 0 Å². The Hall–Kier alpha value is -2.27. The Balaban J connectivity index is 1.97. The van der Waals surface area contributed by atoms with Gasteiger partial charge in [0.1, 0.15) is 11.9 Å². The Kier molecular flexibility index (Phi) is 4.42. The Morgan fingerprint density at radius 1 is 1.35 bits per heavy atom. The van der Waals surface area contributed by atoms with Crippen LogP contribution in [0.15, 0.2) is 46.0 Å². The predicted molar refractivity (Wildman–Crippen MR) is 79.7 cm³/mol. The number of furan rings is 1. The van der Waals surface area contributed by atoms with Crippen molar-refractivity contribution in [2.75, 3.05) is 11.9 Å². The third-order valence-electron chi connectivity index (χ3n) is 2.80. The third kappa shape index (κ3) is 3.86. The number of aliphatic hydroxyl groups is 1. The van der Waals surface area contributed by atoms with Crippen molar-refractivity contribution in [2.45, 2.75) is 20.0 Å². The summed E-state index contributed by atoms with van der Waals surface area (Å²) in [7, 11) is 0. The van der Waals surface area contributed by atoms with Crippen LogP contribution in [0, 0.1) is 13.8 Å². The van der Waals surface area contributed by atoms with E-state index in [0.29, 0.717) is 5.76 Å². The van der Waals surface area contributed by atoms with Gasteiger partial charge in [0, 0.05) is 5.69 Å². The second-order valence-electron chi connectivity index (χ2n) is 4.76. The van der Waals surface area contributed by atoms with Crippen molar-refractivity contribution >= 4 is 11.6 Å². The zero-order valence-electron chi connectivity index (χ0n) is 11.6. The molecule has 5 heteroatoms. The van der Waals surface area contributed by atoms with Gasteiger partial charge in [-0.1, -0.05) is 6.07 Å². The van der Waals surface area contributed by atoms with Crippen LogP contribution < -0.4 is 11.1 Å². The maximum atomic E-state index is 9.83. The first-order chi connectivity index (χ1) is 9.54. The van der Waals surface area contributed by atoms with Crippen molar-refractivity contribution in [3.05, 3.63) is 53.5 Å². The lowest BCUT2D eigenvalue weighted by Gasteiger charge is -2.09. The van der Waals surface area contributed by atoms with Crippen LogP contribution in [0.4, 0.5) is 5.69 Å². The van der Waals surface area contributed by atoms with E-state index >= 15 is 0 Å². The van der Waals surface area contributed by atoms with Crippen molar-refractivity contribution in [3.8, 4) is 0 Å². The van der Waals surface area contributed by atoms with Crippen molar-refractivity contribution < 1.29 is 9.52 Å². The number of anilines is 1. The molecule has 5 nitrogen and oxygen atoms in total. The van der Waals surface area contributed by atoms with Crippen molar-refractivity contribution in [3.63, 3.8) is 0 Å². The van der Waals surface area contributed by atoms with E-state index < -0.39 is 6.10 Å².